The lowest BCUT2D eigenvalue weighted by atomic mass is 10.3. The largest absolute Gasteiger partial charge is 0.395 e. The van der Waals surface area contributed by atoms with Gasteiger partial charge < -0.3 is 10.4 Å². The number of pyridine rings is 1. The summed E-state index contributed by atoms with van der Waals surface area (Å²) in [6, 6.07) is 11.8. The lowest BCUT2D eigenvalue weighted by Gasteiger charge is -2.11. The molecule has 0 saturated carbocycles. The van der Waals surface area contributed by atoms with E-state index in [2.05, 4.69) is 26.2 Å². The normalized spacial score (nSPS) is 11.9. The second kappa shape index (κ2) is 7.02. The summed E-state index contributed by atoms with van der Waals surface area (Å²) < 4.78 is 28.2. The lowest BCUT2D eigenvalue weighted by molar-refractivity contribution is 0.291. The molecule has 0 atom stereocenters. The Balaban J connectivity index is 2.21. The van der Waals surface area contributed by atoms with Crippen molar-refractivity contribution in [3.63, 3.8) is 0 Å². The van der Waals surface area contributed by atoms with Crippen LogP contribution in [0.2, 0.25) is 0 Å². The second-order valence-corrected chi connectivity index (χ2v) is 7.79. The molecule has 6 nitrogen and oxygen atoms in total. The van der Waals surface area contributed by atoms with Gasteiger partial charge in [-0.05, 0) is 40.2 Å². The van der Waals surface area contributed by atoms with Gasteiger partial charge in [-0.15, -0.1) is 0 Å². The smallest absolute Gasteiger partial charge is 0.269 e. The topological polar surface area (TPSA) is 84.2 Å². The van der Waals surface area contributed by atoms with Crippen LogP contribution in [-0.2, 0) is 16.6 Å². The molecule has 0 aliphatic rings. The van der Waals surface area contributed by atoms with Gasteiger partial charge in [0.05, 0.1) is 17.2 Å². The zero-order valence-corrected chi connectivity index (χ0v) is 15.1. The number of fused-ring (bicyclic) bond motifs is 1. The molecule has 2 aromatic heterocycles. The van der Waals surface area contributed by atoms with Gasteiger partial charge in [0.2, 0.25) is 0 Å². The third kappa shape index (κ3) is 3.10. The van der Waals surface area contributed by atoms with Crippen LogP contribution in [0.25, 0.3) is 11.0 Å². The van der Waals surface area contributed by atoms with Crippen LogP contribution in [0.3, 0.4) is 0 Å². The van der Waals surface area contributed by atoms with Gasteiger partial charge in [-0.2, -0.15) is 0 Å². The number of aliphatic hydroxyl groups is 1. The van der Waals surface area contributed by atoms with Crippen LogP contribution in [0, 0.1) is 0 Å². The highest BCUT2D eigenvalue weighted by atomic mass is 79.9. The standard InChI is InChI=1S/C16H16BrN3O3S/c17-15-6-7-19-16-14(15)10-12(11-18-8-9-21)20(16)24(22,23)13-4-2-1-3-5-13/h1-7,10,18,21H,8-9,11H2. The number of aliphatic hydroxyl groups excluding tert-OH is 1. The molecule has 24 heavy (non-hydrogen) atoms. The molecule has 0 aliphatic carbocycles. The summed E-state index contributed by atoms with van der Waals surface area (Å²) in [5, 5.41) is 12.7. The van der Waals surface area contributed by atoms with Gasteiger partial charge in [-0.25, -0.2) is 17.4 Å². The summed E-state index contributed by atoms with van der Waals surface area (Å²) in [5.74, 6) is 0. The van der Waals surface area contributed by atoms with Gasteiger partial charge in [0.1, 0.15) is 0 Å². The predicted molar refractivity (Wildman–Crippen MR) is 95.3 cm³/mol. The molecule has 2 N–H and O–H groups in total. The van der Waals surface area contributed by atoms with E-state index in [-0.39, 0.29) is 11.5 Å². The molecule has 2 heterocycles. The van der Waals surface area contributed by atoms with Crippen molar-refractivity contribution in [3.05, 3.63) is 58.8 Å². The molecule has 0 amide bonds. The first-order valence-corrected chi connectivity index (χ1v) is 9.56. The Morgan fingerprint density at radius 2 is 1.96 bits per heavy atom. The Kier molecular flexibility index (Phi) is 5.00. The molecular weight excluding hydrogens is 394 g/mol. The maximum atomic E-state index is 13.1. The Hall–Kier alpha value is -1.74. The van der Waals surface area contributed by atoms with Crippen LogP contribution in [0.15, 0.2) is 58.0 Å². The van der Waals surface area contributed by atoms with Gasteiger partial charge in [-0.1, -0.05) is 18.2 Å². The van der Waals surface area contributed by atoms with E-state index in [1.165, 1.54) is 3.97 Å². The minimum absolute atomic E-state index is 0.0202. The highest BCUT2D eigenvalue weighted by Gasteiger charge is 2.24. The van der Waals surface area contributed by atoms with Crippen molar-refractivity contribution in [2.45, 2.75) is 11.4 Å². The molecule has 0 unspecified atom stereocenters. The Morgan fingerprint density at radius 1 is 1.21 bits per heavy atom. The highest BCUT2D eigenvalue weighted by Crippen LogP contribution is 2.29. The minimum atomic E-state index is -3.78. The molecule has 0 aliphatic heterocycles. The molecule has 0 radical (unpaired) electrons. The Labute approximate surface area is 148 Å². The number of nitrogens with one attached hydrogen (secondary N) is 1. The molecule has 126 valence electrons. The van der Waals surface area contributed by atoms with E-state index in [0.29, 0.717) is 24.4 Å². The zero-order valence-electron chi connectivity index (χ0n) is 12.7. The van der Waals surface area contributed by atoms with Gasteiger partial charge in [-0.3, -0.25) is 0 Å². The van der Waals surface area contributed by atoms with Crippen LogP contribution in [-0.4, -0.2) is 35.6 Å². The van der Waals surface area contributed by atoms with E-state index >= 15 is 0 Å². The SMILES string of the molecule is O=S(=O)(c1ccccc1)n1c(CNCCO)cc2c(Br)ccnc21. The van der Waals surface area contributed by atoms with Crippen molar-refractivity contribution in [2.75, 3.05) is 13.2 Å². The predicted octanol–water partition coefficient (Wildman–Crippen LogP) is 2.12. The molecule has 3 aromatic rings. The van der Waals surface area contributed by atoms with E-state index < -0.39 is 10.0 Å². The fourth-order valence-corrected chi connectivity index (χ4v) is 4.40. The molecule has 8 heteroatoms. The number of aromatic nitrogens is 2. The van der Waals surface area contributed by atoms with Gasteiger partial charge >= 0.3 is 0 Å². The van der Waals surface area contributed by atoms with Crippen molar-refractivity contribution in [2.24, 2.45) is 0 Å². The maximum Gasteiger partial charge on any atom is 0.269 e. The number of benzene rings is 1. The van der Waals surface area contributed by atoms with Crippen LogP contribution in [0.5, 0.6) is 0 Å². The number of hydrogen-bond acceptors (Lipinski definition) is 5. The average molecular weight is 410 g/mol. The summed E-state index contributed by atoms with van der Waals surface area (Å²) in [7, 11) is -3.78. The molecule has 0 saturated heterocycles. The molecule has 3 rings (SSSR count). The molecule has 0 spiro atoms. The average Bonchev–Trinajstić information content (AvgIpc) is 2.96. The summed E-state index contributed by atoms with van der Waals surface area (Å²) in [4.78, 5) is 4.46. The van der Waals surface area contributed by atoms with Crippen LogP contribution >= 0.6 is 15.9 Å². The summed E-state index contributed by atoms with van der Waals surface area (Å²) in [6.45, 7) is 0.657. The summed E-state index contributed by atoms with van der Waals surface area (Å²) >= 11 is 3.44. The van der Waals surface area contributed by atoms with Crippen molar-refractivity contribution in [1.82, 2.24) is 14.3 Å². The van der Waals surface area contributed by atoms with E-state index in [9.17, 15) is 8.42 Å². The lowest BCUT2D eigenvalue weighted by Crippen LogP contribution is -2.23. The third-order valence-corrected chi connectivity index (χ3v) is 6.00. The fraction of sp³-hybridized carbons (Fsp3) is 0.188. The molecule has 0 fully saturated rings. The first-order valence-electron chi connectivity index (χ1n) is 7.32. The van der Waals surface area contributed by atoms with E-state index in [1.807, 2.05) is 0 Å². The van der Waals surface area contributed by atoms with Crippen LogP contribution < -0.4 is 5.32 Å². The fourth-order valence-electron chi connectivity index (χ4n) is 2.48. The van der Waals surface area contributed by atoms with E-state index in [1.54, 1.807) is 48.7 Å². The second-order valence-electron chi connectivity index (χ2n) is 5.15. The summed E-state index contributed by atoms with van der Waals surface area (Å²) in [6.07, 6.45) is 1.56. The zero-order chi connectivity index (χ0) is 17.2. The number of hydrogen-bond donors (Lipinski definition) is 2. The van der Waals surface area contributed by atoms with Crippen LogP contribution in [0.1, 0.15) is 5.69 Å². The number of halogens is 1. The van der Waals surface area contributed by atoms with Gasteiger partial charge in [0, 0.05) is 29.1 Å². The quantitative estimate of drug-likeness (QED) is 0.609. The van der Waals surface area contributed by atoms with Crippen molar-refractivity contribution in [3.8, 4) is 0 Å². The van der Waals surface area contributed by atoms with E-state index in [0.717, 1.165) is 9.86 Å². The molecule has 0 bridgehead atoms. The van der Waals surface area contributed by atoms with Crippen molar-refractivity contribution in [1.29, 1.82) is 0 Å². The molecule has 1 aromatic carbocycles. The summed E-state index contributed by atoms with van der Waals surface area (Å²) in [5.41, 5.74) is 0.927. The van der Waals surface area contributed by atoms with Crippen molar-refractivity contribution < 1.29 is 13.5 Å². The third-order valence-electron chi connectivity index (χ3n) is 3.56. The van der Waals surface area contributed by atoms with Crippen LogP contribution in [0.4, 0.5) is 0 Å². The van der Waals surface area contributed by atoms with Gasteiger partial charge in [0.25, 0.3) is 10.0 Å². The Morgan fingerprint density at radius 3 is 2.67 bits per heavy atom. The van der Waals surface area contributed by atoms with E-state index in [4.69, 9.17) is 5.11 Å². The number of rotatable bonds is 6. The monoisotopic (exact) mass is 409 g/mol. The van der Waals surface area contributed by atoms with Crippen molar-refractivity contribution >= 4 is 37.0 Å². The number of nitrogens with zero attached hydrogens (tertiary/aromatic N) is 2. The highest BCUT2D eigenvalue weighted by molar-refractivity contribution is 9.10. The minimum Gasteiger partial charge on any atom is -0.395 e. The first-order chi connectivity index (χ1) is 11.6. The Bertz CT molecular complexity index is 955. The first kappa shape index (κ1) is 17.1. The van der Waals surface area contributed by atoms with Gasteiger partial charge in [0.15, 0.2) is 5.65 Å². The maximum absolute atomic E-state index is 13.1. The molecular formula is C16H16BrN3O3S.